The molecule has 2 heterocycles. The van der Waals surface area contributed by atoms with Gasteiger partial charge in [0.1, 0.15) is 0 Å². The van der Waals surface area contributed by atoms with Gasteiger partial charge in [0, 0.05) is 43.0 Å². The molecule has 1 amide bonds. The smallest absolute Gasteiger partial charge is 0.254 e. The summed E-state index contributed by atoms with van der Waals surface area (Å²) in [6.45, 7) is 5.61. The number of nitrogens with zero attached hydrogens (tertiary/aromatic N) is 2. The maximum atomic E-state index is 12.3. The van der Waals surface area contributed by atoms with Crippen LogP contribution in [0.3, 0.4) is 0 Å². The number of carbonyl (C=O) groups is 1. The number of carbonyl (C=O) groups excluding carboxylic acids is 1. The van der Waals surface area contributed by atoms with Crippen LogP contribution in [0.15, 0.2) is 23.1 Å². The second-order valence-electron chi connectivity index (χ2n) is 5.02. The quantitative estimate of drug-likeness (QED) is 0.790. The van der Waals surface area contributed by atoms with Crippen molar-refractivity contribution in [1.82, 2.24) is 14.8 Å². The number of pyridine rings is 1. The number of aromatic amines is 1. The van der Waals surface area contributed by atoms with Crippen LogP contribution in [0.4, 0.5) is 0 Å². The van der Waals surface area contributed by atoms with E-state index in [1.54, 1.807) is 6.07 Å². The number of amides is 1. The molecule has 5 nitrogen and oxygen atoms in total. The highest BCUT2D eigenvalue weighted by Gasteiger charge is 2.29. The number of hydrogen-bond acceptors (Lipinski definition) is 3. The van der Waals surface area contributed by atoms with E-state index in [1.165, 1.54) is 12.3 Å². The molecule has 0 aliphatic carbocycles. The van der Waals surface area contributed by atoms with E-state index in [9.17, 15) is 9.59 Å². The van der Waals surface area contributed by atoms with Crippen molar-refractivity contribution in [2.24, 2.45) is 0 Å². The number of aromatic nitrogens is 1. The minimum Gasteiger partial charge on any atom is -0.336 e. The van der Waals surface area contributed by atoms with Gasteiger partial charge in [-0.25, -0.2) is 0 Å². The van der Waals surface area contributed by atoms with Crippen molar-refractivity contribution < 1.29 is 4.79 Å². The molecular weight excluding hydrogens is 230 g/mol. The van der Waals surface area contributed by atoms with E-state index in [2.05, 4.69) is 30.8 Å². The van der Waals surface area contributed by atoms with Gasteiger partial charge in [0.05, 0.1) is 0 Å². The van der Waals surface area contributed by atoms with E-state index >= 15 is 0 Å². The Labute approximate surface area is 106 Å². The standard InChI is InChI=1S/C13H19N3O2/c1-9-7-16(8-10(2)15(9)3)13(18)11-4-5-14-12(17)6-11/h4-6,9-10H,7-8H2,1-3H3,(H,14,17). The van der Waals surface area contributed by atoms with Gasteiger partial charge in [-0.1, -0.05) is 0 Å². The van der Waals surface area contributed by atoms with Crippen molar-refractivity contribution in [3.63, 3.8) is 0 Å². The zero-order chi connectivity index (χ0) is 13.3. The molecule has 5 heteroatoms. The fourth-order valence-electron chi connectivity index (χ4n) is 2.33. The Kier molecular flexibility index (Phi) is 3.52. The van der Waals surface area contributed by atoms with Crippen LogP contribution in [-0.2, 0) is 0 Å². The van der Waals surface area contributed by atoms with Crippen molar-refractivity contribution in [2.45, 2.75) is 25.9 Å². The highest BCUT2D eigenvalue weighted by atomic mass is 16.2. The maximum Gasteiger partial charge on any atom is 0.254 e. The molecule has 1 N–H and O–H groups in total. The largest absolute Gasteiger partial charge is 0.336 e. The zero-order valence-electron chi connectivity index (χ0n) is 11.0. The van der Waals surface area contributed by atoms with Gasteiger partial charge in [0.2, 0.25) is 5.56 Å². The highest BCUT2D eigenvalue weighted by Crippen LogP contribution is 2.15. The van der Waals surface area contributed by atoms with E-state index < -0.39 is 0 Å². The normalized spacial score (nSPS) is 25.2. The summed E-state index contributed by atoms with van der Waals surface area (Å²) < 4.78 is 0. The van der Waals surface area contributed by atoms with E-state index in [0.29, 0.717) is 30.7 Å². The van der Waals surface area contributed by atoms with Crippen LogP contribution in [0.5, 0.6) is 0 Å². The molecule has 1 aliphatic rings. The zero-order valence-corrected chi connectivity index (χ0v) is 11.0. The first-order valence-corrected chi connectivity index (χ1v) is 6.19. The third kappa shape index (κ3) is 2.46. The molecule has 1 aromatic heterocycles. The number of rotatable bonds is 1. The molecule has 0 spiro atoms. The Morgan fingerprint density at radius 3 is 2.50 bits per heavy atom. The van der Waals surface area contributed by atoms with Gasteiger partial charge < -0.3 is 9.88 Å². The Hall–Kier alpha value is -1.62. The van der Waals surface area contributed by atoms with Crippen LogP contribution in [0.2, 0.25) is 0 Å². The van der Waals surface area contributed by atoms with Gasteiger partial charge in [-0.05, 0) is 27.0 Å². The topological polar surface area (TPSA) is 56.4 Å². The second-order valence-corrected chi connectivity index (χ2v) is 5.02. The summed E-state index contributed by atoms with van der Waals surface area (Å²) in [5.41, 5.74) is 0.221. The molecule has 1 saturated heterocycles. The average Bonchev–Trinajstić information content (AvgIpc) is 2.34. The van der Waals surface area contributed by atoms with Crippen LogP contribution in [0, 0.1) is 0 Å². The van der Waals surface area contributed by atoms with Crippen molar-refractivity contribution >= 4 is 5.91 Å². The number of piperazine rings is 1. The molecule has 1 aromatic rings. The molecule has 1 fully saturated rings. The molecule has 1 aliphatic heterocycles. The lowest BCUT2D eigenvalue weighted by atomic mass is 10.1. The van der Waals surface area contributed by atoms with Gasteiger partial charge in [0.25, 0.3) is 5.91 Å². The molecule has 0 bridgehead atoms. The van der Waals surface area contributed by atoms with Gasteiger partial charge in [-0.3, -0.25) is 14.5 Å². The summed E-state index contributed by atoms with van der Waals surface area (Å²) in [6, 6.07) is 3.67. The lowest BCUT2D eigenvalue weighted by Gasteiger charge is -2.42. The first kappa shape index (κ1) is 12.8. The SMILES string of the molecule is CC1CN(C(=O)c2cc[nH]c(=O)c2)CC(C)N1C. The fourth-order valence-corrected chi connectivity index (χ4v) is 2.33. The molecular formula is C13H19N3O2. The van der Waals surface area contributed by atoms with E-state index in [-0.39, 0.29) is 11.5 Å². The number of nitrogens with one attached hydrogen (secondary N) is 1. The lowest BCUT2D eigenvalue weighted by Crippen LogP contribution is -2.56. The molecule has 18 heavy (non-hydrogen) atoms. The first-order valence-electron chi connectivity index (χ1n) is 6.19. The first-order chi connectivity index (χ1) is 8.49. The van der Waals surface area contributed by atoms with Crippen molar-refractivity contribution in [3.05, 3.63) is 34.2 Å². The highest BCUT2D eigenvalue weighted by molar-refractivity contribution is 5.94. The van der Waals surface area contributed by atoms with E-state index in [1.807, 2.05) is 4.90 Å². The summed E-state index contributed by atoms with van der Waals surface area (Å²) in [6.07, 6.45) is 1.51. The monoisotopic (exact) mass is 249 g/mol. The van der Waals surface area contributed by atoms with E-state index in [0.717, 1.165) is 0 Å². The summed E-state index contributed by atoms with van der Waals surface area (Å²) in [7, 11) is 2.07. The van der Waals surface area contributed by atoms with Crippen LogP contribution >= 0.6 is 0 Å². The minimum atomic E-state index is -0.240. The predicted octanol–water partition coefficient (Wildman–Crippen LogP) is 0.540. The Morgan fingerprint density at radius 1 is 1.33 bits per heavy atom. The molecule has 0 saturated carbocycles. The number of likely N-dealkylation sites (N-methyl/N-ethyl adjacent to an activating group) is 1. The summed E-state index contributed by atoms with van der Waals surface area (Å²) in [5, 5.41) is 0. The minimum absolute atomic E-state index is 0.0621. The van der Waals surface area contributed by atoms with Crippen molar-refractivity contribution in [2.75, 3.05) is 20.1 Å². The van der Waals surface area contributed by atoms with Gasteiger partial charge >= 0.3 is 0 Å². The fraction of sp³-hybridized carbons (Fsp3) is 0.538. The molecule has 98 valence electrons. The van der Waals surface area contributed by atoms with Gasteiger partial charge in [-0.2, -0.15) is 0 Å². The van der Waals surface area contributed by atoms with Gasteiger partial charge in [-0.15, -0.1) is 0 Å². The van der Waals surface area contributed by atoms with Crippen LogP contribution in [0.25, 0.3) is 0 Å². The van der Waals surface area contributed by atoms with Crippen molar-refractivity contribution in [3.8, 4) is 0 Å². The molecule has 0 aromatic carbocycles. The van der Waals surface area contributed by atoms with Crippen LogP contribution in [0.1, 0.15) is 24.2 Å². The Bertz CT molecular complexity index is 485. The summed E-state index contributed by atoms with van der Waals surface area (Å²) >= 11 is 0. The third-order valence-electron chi connectivity index (χ3n) is 3.67. The van der Waals surface area contributed by atoms with Crippen LogP contribution in [-0.4, -0.2) is 52.9 Å². The van der Waals surface area contributed by atoms with E-state index in [4.69, 9.17) is 0 Å². The summed E-state index contributed by atoms with van der Waals surface area (Å²) in [5.74, 6) is -0.0621. The van der Waals surface area contributed by atoms with Crippen LogP contribution < -0.4 is 5.56 Å². The molecule has 2 unspecified atom stereocenters. The summed E-state index contributed by atoms with van der Waals surface area (Å²) in [4.78, 5) is 30.1. The number of hydrogen-bond donors (Lipinski definition) is 1. The predicted molar refractivity (Wildman–Crippen MR) is 69.7 cm³/mol. The average molecular weight is 249 g/mol. The third-order valence-corrected chi connectivity index (χ3v) is 3.67. The number of H-pyrrole nitrogens is 1. The second kappa shape index (κ2) is 4.94. The molecule has 0 radical (unpaired) electrons. The Balaban J connectivity index is 2.17. The van der Waals surface area contributed by atoms with Crippen molar-refractivity contribution in [1.29, 1.82) is 0 Å². The molecule has 2 atom stereocenters. The molecule has 2 rings (SSSR count). The lowest BCUT2D eigenvalue weighted by molar-refractivity contribution is 0.0414. The van der Waals surface area contributed by atoms with Gasteiger partial charge in [0.15, 0.2) is 0 Å². The Morgan fingerprint density at radius 2 is 1.94 bits per heavy atom. The maximum absolute atomic E-state index is 12.3.